The minimum Gasteiger partial charge on any atom is -0.493 e. The second kappa shape index (κ2) is 10.8. The van der Waals surface area contributed by atoms with Crippen molar-refractivity contribution in [2.75, 3.05) is 25.1 Å². The Bertz CT molecular complexity index is 1300. The van der Waals surface area contributed by atoms with Gasteiger partial charge in [-0.3, -0.25) is 9.10 Å². The summed E-state index contributed by atoms with van der Waals surface area (Å²) in [6.07, 6.45) is 1.10. The normalized spacial score (nSPS) is 11.3. The Hall–Kier alpha value is -3.99. The number of rotatable bonds is 9. The molecule has 0 heterocycles. The minimum absolute atomic E-state index is 0.0458. The van der Waals surface area contributed by atoms with Crippen LogP contribution in [0.2, 0.25) is 0 Å². The third-order valence-electron chi connectivity index (χ3n) is 4.64. The van der Waals surface area contributed by atoms with E-state index in [4.69, 9.17) is 9.47 Å². The highest BCUT2D eigenvalue weighted by Crippen LogP contribution is 2.32. The van der Waals surface area contributed by atoms with Crippen molar-refractivity contribution in [1.29, 1.82) is 0 Å². The van der Waals surface area contributed by atoms with Crippen LogP contribution < -0.4 is 19.2 Å². The van der Waals surface area contributed by atoms with Gasteiger partial charge in [0.15, 0.2) is 11.5 Å². The van der Waals surface area contributed by atoms with Crippen molar-refractivity contribution in [1.82, 2.24) is 5.43 Å². The van der Waals surface area contributed by atoms with Gasteiger partial charge < -0.3 is 9.47 Å². The zero-order valence-corrected chi connectivity index (χ0v) is 19.1. The van der Waals surface area contributed by atoms with E-state index < -0.39 is 34.1 Å². The Balaban J connectivity index is 1.90. The van der Waals surface area contributed by atoms with Crippen LogP contribution in [-0.4, -0.2) is 41.3 Å². The lowest BCUT2D eigenvalue weighted by molar-refractivity contribution is -0.119. The number of benzene rings is 3. The average Bonchev–Trinajstić information content (AvgIpc) is 2.83. The topological polar surface area (TPSA) is 97.3 Å². The van der Waals surface area contributed by atoms with Crippen LogP contribution >= 0.6 is 0 Å². The highest BCUT2D eigenvalue weighted by molar-refractivity contribution is 7.92. The molecule has 0 unspecified atom stereocenters. The summed E-state index contributed by atoms with van der Waals surface area (Å²) in [6, 6.07) is 14.3. The molecule has 8 nitrogen and oxygen atoms in total. The number of anilines is 1. The Kier molecular flexibility index (Phi) is 7.79. The van der Waals surface area contributed by atoms with Crippen molar-refractivity contribution in [2.45, 2.75) is 4.90 Å². The van der Waals surface area contributed by atoms with Crippen molar-refractivity contribution in [3.63, 3.8) is 0 Å². The van der Waals surface area contributed by atoms with Crippen LogP contribution in [0.1, 0.15) is 5.56 Å². The molecular formula is C23H21F2N3O5S. The number of hydrogen-bond acceptors (Lipinski definition) is 6. The summed E-state index contributed by atoms with van der Waals surface area (Å²) < 4.78 is 65.1. The highest BCUT2D eigenvalue weighted by atomic mass is 32.2. The Labute approximate surface area is 195 Å². The van der Waals surface area contributed by atoms with Crippen LogP contribution in [0.25, 0.3) is 0 Å². The standard InChI is InChI=1S/C23H21F2N3O5S/c1-32-21-12-11-19(13-22(21)33-2)34(30,31)28(18-9-7-17(24)8-10-18)15-23(29)27-26-14-16-5-3-4-6-20(16)25/h3-14H,15H2,1-2H3,(H,27,29)/b26-14-. The lowest BCUT2D eigenvalue weighted by atomic mass is 10.2. The van der Waals surface area contributed by atoms with Gasteiger partial charge in [0, 0.05) is 11.6 Å². The third kappa shape index (κ3) is 5.67. The molecule has 0 radical (unpaired) electrons. The number of amides is 1. The number of methoxy groups -OCH3 is 2. The first-order valence-electron chi connectivity index (χ1n) is 9.83. The Morgan fingerprint density at radius 1 is 1.00 bits per heavy atom. The molecule has 0 fully saturated rings. The molecule has 0 aliphatic rings. The van der Waals surface area contributed by atoms with Gasteiger partial charge in [-0.1, -0.05) is 18.2 Å². The van der Waals surface area contributed by atoms with Gasteiger partial charge in [0.25, 0.3) is 15.9 Å². The van der Waals surface area contributed by atoms with E-state index in [0.29, 0.717) is 5.75 Å². The van der Waals surface area contributed by atoms with E-state index >= 15 is 0 Å². The largest absolute Gasteiger partial charge is 0.493 e. The number of halogens is 2. The number of hydrazone groups is 1. The van der Waals surface area contributed by atoms with Crippen LogP contribution in [0.5, 0.6) is 11.5 Å². The molecule has 1 amide bonds. The number of ether oxygens (including phenoxy) is 2. The molecular weight excluding hydrogens is 468 g/mol. The molecule has 178 valence electrons. The molecule has 0 saturated heterocycles. The first kappa shape index (κ1) is 24.6. The summed E-state index contributed by atoms with van der Waals surface area (Å²) >= 11 is 0. The van der Waals surface area contributed by atoms with Crippen LogP contribution in [0.4, 0.5) is 14.5 Å². The van der Waals surface area contributed by atoms with Crippen LogP contribution in [0.15, 0.2) is 76.7 Å². The molecule has 0 spiro atoms. The van der Waals surface area contributed by atoms with Gasteiger partial charge in [0.1, 0.15) is 18.2 Å². The van der Waals surface area contributed by atoms with Gasteiger partial charge in [-0.05, 0) is 42.5 Å². The van der Waals surface area contributed by atoms with Crippen LogP contribution in [0, 0.1) is 11.6 Å². The van der Waals surface area contributed by atoms with Crippen LogP contribution in [-0.2, 0) is 14.8 Å². The number of carbonyl (C=O) groups is 1. The lowest BCUT2D eigenvalue weighted by Gasteiger charge is -2.24. The zero-order chi connectivity index (χ0) is 24.7. The highest BCUT2D eigenvalue weighted by Gasteiger charge is 2.28. The fourth-order valence-corrected chi connectivity index (χ4v) is 4.38. The van der Waals surface area contributed by atoms with Gasteiger partial charge in [-0.25, -0.2) is 22.6 Å². The molecule has 0 aliphatic heterocycles. The van der Waals surface area contributed by atoms with Crippen molar-refractivity contribution >= 4 is 27.8 Å². The molecule has 11 heteroatoms. The molecule has 0 saturated carbocycles. The molecule has 34 heavy (non-hydrogen) atoms. The van der Waals surface area contributed by atoms with E-state index in [0.717, 1.165) is 22.7 Å². The summed E-state index contributed by atoms with van der Waals surface area (Å²) in [6.45, 7) is -0.684. The number of sulfonamides is 1. The predicted octanol–water partition coefficient (Wildman–Crippen LogP) is 3.33. The van der Waals surface area contributed by atoms with E-state index in [1.807, 2.05) is 0 Å². The Morgan fingerprint density at radius 3 is 2.32 bits per heavy atom. The first-order valence-corrected chi connectivity index (χ1v) is 11.3. The number of hydrogen-bond donors (Lipinski definition) is 1. The number of carbonyl (C=O) groups excluding carboxylic acids is 1. The third-order valence-corrected chi connectivity index (χ3v) is 6.41. The monoisotopic (exact) mass is 489 g/mol. The average molecular weight is 490 g/mol. The van der Waals surface area contributed by atoms with Gasteiger partial charge >= 0.3 is 0 Å². The maximum absolute atomic E-state index is 13.7. The van der Waals surface area contributed by atoms with Gasteiger partial charge in [0.05, 0.1) is 31.0 Å². The Morgan fingerprint density at radius 2 is 1.68 bits per heavy atom. The van der Waals surface area contributed by atoms with E-state index in [9.17, 15) is 22.0 Å². The molecule has 3 aromatic rings. The molecule has 3 rings (SSSR count). The van der Waals surface area contributed by atoms with Crippen molar-refractivity contribution in [2.24, 2.45) is 5.10 Å². The SMILES string of the molecule is COc1ccc(S(=O)(=O)N(CC(=O)N/N=C\c2ccccc2F)c2ccc(F)cc2)cc1OC. The molecule has 0 bridgehead atoms. The molecule has 0 atom stereocenters. The second-order valence-electron chi connectivity index (χ2n) is 6.82. The molecule has 0 aromatic heterocycles. The second-order valence-corrected chi connectivity index (χ2v) is 8.68. The number of nitrogens with one attached hydrogen (secondary N) is 1. The van der Waals surface area contributed by atoms with Gasteiger partial charge in [-0.15, -0.1) is 0 Å². The maximum atomic E-state index is 13.7. The fraction of sp³-hybridized carbons (Fsp3) is 0.130. The quantitative estimate of drug-likeness (QED) is 0.367. The van der Waals surface area contributed by atoms with Gasteiger partial charge in [-0.2, -0.15) is 5.10 Å². The lowest BCUT2D eigenvalue weighted by Crippen LogP contribution is -2.39. The zero-order valence-electron chi connectivity index (χ0n) is 18.2. The van der Waals surface area contributed by atoms with Crippen molar-refractivity contribution in [3.8, 4) is 11.5 Å². The van der Waals surface area contributed by atoms with E-state index in [2.05, 4.69) is 10.5 Å². The molecule has 0 aliphatic carbocycles. The molecule has 3 aromatic carbocycles. The van der Waals surface area contributed by atoms with Crippen molar-refractivity contribution in [3.05, 3.63) is 83.9 Å². The predicted molar refractivity (Wildman–Crippen MR) is 123 cm³/mol. The smallest absolute Gasteiger partial charge is 0.264 e. The summed E-state index contributed by atoms with van der Waals surface area (Å²) in [5.74, 6) is -1.44. The summed E-state index contributed by atoms with van der Waals surface area (Å²) in [4.78, 5) is 12.3. The maximum Gasteiger partial charge on any atom is 0.264 e. The summed E-state index contributed by atoms with van der Waals surface area (Å²) in [5, 5.41) is 3.69. The van der Waals surface area contributed by atoms with E-state index in [-0.39, 0.29) is 21.9 Å². The van der Waals surface area contributed by atoms with E-state index in [1.165, 1.54) is 62.8 Å². The van der Waals surface area contributed by atoms with Gasteiger partial charge in [0.2, 0.25) is 0 Å². The fourth-order valence-electron chi connectivity index (χ4n) is 2.95. The minimum atomic E-state index is -4.30. The number of nitrogens with zero attached hydrogens (tertiary/aromatic N) is 2. The summed E-state index contributed by atoms with van der Waals surface area (Å²) in [5.41, 5.74) is 2.35. The van der Waals surface area contributed by atoms with Crippen LogP contribution in [0.3, 0.4) is 0 Å². The van der Waals surface area contributed by atoms with Crippen molar-refractivity contribution < 1.29 is 31.5 Å². The first-order chi connectivity index (χ1) is 16.3. The molecule has 1 N–H and O–H groups in total. The van der Waals surface area contributed by atoms with E-state index in [1.54, 1.807) is 6.07 Å². The summed E-state index contributed by atoms with van der Waals surface area (Å²) in [7, 11) is -1.54.